The van der Waals surface area contributed by atoms with E-state index in [1.807, 2.05) is 0 Å². The molecule has 0 radical (unpaired) electrons. The summed E-state index contributed by atoms with van der Waals surface area (Å²) in [6, 6.07) is 0.269. The molecule has 0 spiro atoms. The van der Waals surface area contributed by atoms with Crippen molar-refractivity contribution < 1.29 is 9.63 Å². The molecule has 1 aliphatic rings. The molecule has 0 atom stereocenters. The lowest BCUT2D eigenvalue weighted by atomic mass is 10.4. The Morgan fingerprint density at radius 2 is 2.44 bits per heavy atom. The van der Waals surface area contributed by atoms with Crippen molar-refractivity contribution in [1.82, 2.24) is 5.32 Å². The number of carbonyl (C=O) groups is 1. The van der Waals surface area contributed by atoms with E-state index >= 15 is 0 Å². The summed E-state index contributed by atoms with van der Waals surface area (Å²) in [4.78, 5) is 14.2. The molecule has 9 heavy (non-hydrogen) atoms. The zero-order valence-electron chi connectivity index (χ0n) is 4.79. The number of rotatable bonds is 1. The molecule has 0 unspecified atom stereocenters. The van der Waals surface area contributed by atoms with Crippen molar-refractivity contribution in [3.8, 4) is 0 Å². The lowest BCUT2D eigenvalue weighted by Gasteiger charge is -2.24. The van der Waals surface area contributed by atoms with Gasteiger partial charge in [0.05, 0.1) is 6.04 Å². The number of hydrogen-bond donors (Lipinski definition) is 2. The Bertz CT molecular complexity index is 115. The van der Waals surface area contributed by atoms with Crippen LogP contribution in [0.25, 0.3) is 0 Å². The summed E-state index contributed by atoms with van der Waals surface area (Å²) in [5, 5.41) is 2.56. The largest absolute Gasteiger partial charge is 0.426 e. The van der Waals surface area contributed by atoms with E-state index < -0.39 is 6.09 Å². The SMILES string of the molecule is NOC(=O)NC1CSC1. The van der Waals surface area contributed by atoms with Gasteiger partial charge in [0.25, 0.3) is 0 Å². The lowest BCUT2D eigenvalue weighted by molar-refractivity contribution is 0.145. The van der Waals surface area contributed by atoms with Gasteiger partial charge in [-0.1, -0.05) is 0 Å². The third-order valence-electron chi connectivity index (χ3n) is 1.07. The number of carbonyl (C=O) groups excluding carboxylic acids is 1. The molecule has 1 heterocycles. The third kappa shape index (κ3) is 1.76. The Balaban J connectivity index is 2.09. The van der Waals surface area contributed by atoms with Gasteiger partial charge in [0.2, 0.25) is 0 Å². The second kappa shape index (κ2) is 2.93. The first-order valence-corrected chi connectivity index (χ1v) is 3.73. The van der Waals surface area contributed by atoms with Crippen LogP contribution in [0, 0.1) is 0 Å². The lowest BCUT2D eigenvalue weighted by Crippen LogP contribution is -2.44. The van der Waals surface area contributed by atoms with E-state index in [0.717, 1.165) is 11.5 Å². The molecule has 1 amide bonds. The molecule has 5 heteroatoms. The summed E-state index contributed by atoms with van der Waals surface area (Å²) in [6.45, 7) is 0. The van der Waals surface area contributed by atoms with Gasteiger partial charge in [-0.25, -0.2) is 4.79 Å². The van der Waals surface area contributed by atoms with Crippen molar-refractivity contribution in [3.05, 3.63) is 0 Å². The van der Waals surface area contributed by atoms with Crippen LogP contribution >= 0.6 is 11.8 Å². The number of amides is 1. The standard InChI is InChI=1S/C4H8N2O2S/c5-8-4(7)6-3-1-9-2-3/h3H,1-2,5H2,(H,6,7). The monoisotopic (exact) mass is 148 g/mol. The molecule has 0 bridgehead atoms. The minimum atomic E-state index is -0.541. The van der Waals surface area contributed by atoms with E-state index in [0.29, 0.717) is 0 Å². The van der Waals surface area contributed by atoms with Gasteiger partial charge >= 0.3 is 6.09 Å². The zero-order valence-corrected chi connectivity index (χ0v) is 5.61. The van der Waals surface area contributed by atoms with Crippen LogP contribution in [-0.4, -0.2) is 23.6 Å². The summed E-state index contributed by atoms with van der Waals surface area (Å²) in [6.07, 6.45) is -0.541. The highest BCUT2D eigenvalue weighted by atomic mass is 32.2. The topological polar surface area (TPSA) is 64.3 Å². The first-order valence-electron chi connectivity index (χ1n) is 2.58. The Morgan fingerprint density at radius 3 is 2.78 bits per heavy atom. The molecule has 52 valence electrons. The predicted octanol–water partition coefficient (Wildman–Crippen LogP) is -0.298. The van der Waals surface area contributed by atoms with Gasteiger partial charge in [0, 0.05) is 11.5 Å². The van der Waals surface area contributed by atoms with Gasteiger partial charge in [-0.05, 0) is 0 Å². The molecular formula is C4H8N2O2S. The Morgan fingerprint density at radius 1 is 1.78 bits per heavy atom. The molecule has 0 aliphatic carbocycles. The van der Waals surface area contributed by atoms with Crippen molar-refractivity contribution in [3.63, 3.8) is 0 Å². The van der Waals surface area contributed by atoms with E-state index in [2.05, 4.69) is 16.1 Å². The fraction of sp³-hybridized carbons (Fsp3) is 0.750. The van der Waals surface area contributed by atoms with Crippen LogP contribution in [0.5, 0.6) is 0 Å². The maximum atomic E-state index is 10.3. The van der Waals surface area contributed by atoms with Gasteiger partial charge in [0.15, 0.2) is 0 Å². The minimum Gasteiger partial charge on any atom is -0.357 e. The smallest absolute Gasteiger partial charge is 0.357 e. The van der Waals surface area contributed by atoms with Gasteiger partial charge in [-0.15, -0.1) is 0 Å². The van der Waals surface area contributed by atoms with Crippen molar-refractivity contribution in [2.24, 2.45) is 5.90 Å². The van der Waals surface area contributed by atoms with Gasteiger partial charge in [0.1, 0.15) is 0 Å². The number of nitrogens with one attached hydrogen (secondary N) is 1. The molecule has 0 aromatic carbocycles. The predicted molar refractivity (Wildman–Crippen MR) is 34.9 cm³/mol. The highest BCUT2D eigenvalue weighted by Gasteiger charge is 2.19. The highest BCUT2D eigenvalue weighted by molar-refractivity contribution is 8.00. The summed E-state index contributed by atoms with van der Waals surface area (Å²) in [7, 11) is 0. The van der Waals surface area contributed by atoms with Crippen LogP contribution in [0.3, 0.4) is 0 Å². The Kier molecular flexibility index (Phi) is 2.18. The third-order valence-corrected chi connectivity index (χ3v) is 2.34. The number of nitrogens with two attached hydrogens (primary N) is 1. The average Bonchev–Trinajstić information content (AvgIpc) is 1.78. The molecule has 1 aliphatic heterocycles. The summed E-state index contributed by atoms with van der Waals surface area (Å²) in [5.41, 5.74) is 0. The van der Waals surface area contributed by atoms with Crippen LogP contribution in [-0.2, 0) is 4.84 Å². The van der Waals surface area contributed by atoms with Crippen molar-refractivity contribution in [2.75, 3.05) is 11.5 Å². The van der Waals surface area contributed by atoms with Crippen LogP contribution in [0.2, 0.25) is 0 Å². The van der Waals surface area contributed by atoms with Crippen LogP contribution in [0.1, 0.15) is 0 Å². The van der Waals surface area contributed by atoms with Gasteiger partial charge in [-0.2, -0.15) is 17.7 Å². The Labute approximate surface area is 57.1 Å². The first kappa shape index (κ1) is 6.70. The van der Waals surface area contributed by atoms with E-state index in [1.165, 1.54) is 0 Å². The molecule has 3 N–H and O–H groups in total. The summed E-state index contributed by atoms with van der Waals surface area (Å²) in [5.74, 6) is 6.52. The number of hydrogen-bond acceptors (Lipinski definition) is 4. The molecule has 0 saturated carbocycles. The van der Waals surface area contributed by atoms with E-state index in [-0.39, 0.29) is 6.04 Å². The van der Waals surface area contributed by atoms with E-state index in [9.17, 15) is 4.79 Å². The van der Waals surface area contributed by atoms with E-state index in [4.69, 9.17) is 0 Å². The molecule has 4 nitrogen and oxygen atoms in total. The quantitative estimate of drug-likeness (QED) is 0.501. The molecule has 1 rings (SSSR count). The highest BCUT2D eigenvalue weighted by Crippen LogP contribution is 2.16. The maximum Gasteiger partial charge on any atom is 0.426 e. The Hall–Kier alpha value is -0.420. The van der Waals surface area contributed by atoms with E-state index in [1.54, 1.807) is 11.8 Å². The second-order valence-corrected chi connectivity index (χ2v) is 2.86. The molecular weight excluding hydrogens is 140 g/mol. The van der Waals surface area contributed by atoms with Gasteiger partial charge in [-0.3, -0.25) is 0 Å². The van der Waals surface area contributed by atoms with Crippen LogP contribution in [0.15, 0.2) is 0 Å². The second-order valence-electron chi connectivity index (χ2n) is 1.78. The molecule has 1 saturated heterocycles. The fourth-order valence-corrected chi connectivity index (χ4v) is 1.16. The van der Waals surface area contributed by atoms with Crippen molar-refractivity contribution in [2.45, 2.75) is 6.04 Å². The average molecular weight is 148 g/mol. The number of thioether (sulfide) groups is 1. The zero-order chi connectivity index (χ0) is 6.69. The van der Waals surface area contributed by atoms with Crippen LogP contribution in [0.4, 0.5) is 4.79 Å². The van der Waals surface area contributed by atoms with Crippen molar-refractivity contribution >= 4 is 17.9 Å². The van der Waals surface area contributed by atoms with Crippen molar-refractivity contribution in [1.29, 1.82) is 0 Å². The maximum absolute atomic E-state index is 10.3. The first-order chi connectivity index (χ1) is 4.33. The molecule has 1 fully saturated rings. The molecule has 0 aromatic rings. The van der Waals surface area contributed by atoms with Gasteiger partial charge < -0.3 is 10.2 Å². The normalized spacial score (nSPS) is 18.3. The van der Waals surface area contributed by atoms with Crippen LogP contribution < -0.4 is 11.2 Å². The summed E-state index contributed by atoms with van der Waals surface area (Å²) >= 11 is 1.79. The fourth-order valence-electron chi connectivity index (χ4n) is 0.520. The molecule has 0 aromatic heterocycles. The minimum absolute atomic E-state index is 0.269. The summed E-state index contributed by atoms with van der Waals surface area (Å²) < 4.78 is 0.